The Labute approximate surface area is 174 Å². The van der Waals surface area contributed by atoms with Gasteiger partial charge in [-0.25, -0.2) is 4.98 Å². The summed E-state index contributed by atoms with van der Waals surface area (Å²) in [5, 5.41) is 0.644. The molecule has 3 aromatic rings. The number of ether oxygens (including phenoxy) is 3. The van der Waals surface area contributed by atoms with Gasteiger partial charge in [-0.2, -0.15) is 9.97 Å². The number of fused-ring (bicyclic) bond motifs is 1. The second kappa shape index (κ2) is 7.63. The van der Waals surface area contributed by atoms with E-state index in [1.807, 2.05) is 0 Å². The van der Waals surface area contributed by atoms with E-state index in [2.05, 4.69) is 15.0 Å². The van der Waals surface area contributed by atoms with Gasteiger partial charge in [0.05, 0.1) is 37.9 Å². The van der Waals surface area contributed by atoms with Crippen LogP contribution in [0.25, 0.3) is 11.2 Å². The highest BCUT2D eigenvalue weighted by Crippen LogP contribution is 2.50. The highest BCUT2D eigenvalue weighted by atomic mass is 35.5. The summed E-state index contributed by atoms with van der Waals surface area (Å²) in [7, 11) is 4.36. The quantitative estimate of drug-likeness (QED) is 0.459. The molecule has 0 radical (unpaired) electrons. The predicted octanol–water partition coefficient (Wildman–Crippen LogP) is 4.10. The molecule has 0 aliphatic carbocycles. The number of nitrogens with two attached hydrogens (primary N) is 1. The van der Waals surface area contributed by atoms with Crippen LogP contribution in [0.5, 0.6) is 17.2 Å². The maximum Gasteiger partial charge on any atom is 0.223 e. The molecule has 0 bridgehead atoms. The van der Waals surface area contributed by atoms with E-state index in [0.29, 0.717) is 16.7 Å². The standard InChI is InChI=1S/C15H13Cl4N5O3/c1-25-9-6(16)5(7(17)10(26-2)11(9)27-3)4-24-13-8(21-14(24)19)12(18)22-15(20)23-13/h4H2,1-3H3,(H2,20,22,23). The van der Waals surface area contributed by atoms with E-state index in [1.165, 1.54) is 21.3 Å². The number of nitrogens with zero attached hydrogens (tertiary/aromatic N) is 4. The Morgan fingerprint density at radius 1 is 0.852 bits per heavy atom. The van der Waals surface area contributed by atoms with Crippen molar-refractivity contribution < 1.29 is 14.2 Å². The first-order chi connectivity index (χ1) is 12.8. The van der Waals surface area contributed by atoms with Crippen LogP contribution in [0.15, 0.2) is 0 Å². The van der Waals surface area contributed by atoms with E-state index in [1.54, 1.807) is 4.57 Å². The smallest absolute Gasteiger partial charge is 0.223 e. The van der Waals surface area contributed by atoms with Gasteiger partial charge in [0.1, 0.15) is 5.52 Å². The molecule has 0 unspecified atom stereocenters. The normalized spacial score (nSPS) is 11.1. The van der Waals surface area contributed by atoms with Gasteiger partial charge in [0.15, 0.2) is 22.3 Å². The highest BCUT2D eigenvalue weighted by Gasteiger charge is 2.26. The first kappa shape index (κ1) is 19.9. The monoisotopic (exact) mass is 451 g/mol. The van der Waals surface area contributed by atoms with Gasteiger partial charge in [-0.1, -0.05) is 34.8 Å². The molecule has 0 aliphatic heterocycles. The Morgan fingerprint density at radius 3 is 1.93 bits per heavy atom. The second-order valence-electron chi connectivity index (χ2n) is 5.22. The van der Waals surface area contributed by atoms with Crippen LogP contribution in [0.4, 0.5) is 5.95 Å². The molecule has 3 rings (SSSR count). The summed E-state index contributed by atoms with van der Waals surface area (Å²) in [5.41, 5.74) is 6.78. The summed E-state index contributed by atoms with van der Waals surface area (Å²) >= 11 is 25.3. The van der Waals surface area contributed by atoms with Crippen LogP contribution in [-0.4, -0.2) is 40.8 Å². The number of anilines is 1. The third kappa shape index (κ3) is 3.27. The number of imidazole rings is 1. The second-order valence-corrected chi connectivity index (χ2v) is 6.67. The van der Waals surface area contributed by atoms with Crippen molar-refractivity contribution in [1.82, 2.24) is 19.5 Å². The van der Waals surface area contributed by atoms with Crippen molar-refractivity contribution in [1.29, 1.82) is 0 Å². The molecule has 8 nitrogen and oxygen atoms in total. The van der Waals surface area contributed by atoms with E-state index in [-0.39, 0.29) is 50.2 Å². The van der Waals surface area contributed by atoms with E-state index in [0.717, 1.165) is 0 Å². The number of halogens is 4. The maximum absolute atomic E-state index is 6.50. The molecule has 0 fully saturated rings. The van der Waals surface area contributed by atoms with E-state index >= 15 is 0 Å². The minimum Gasteiger partial charge on any atom is -0.491 e. The zero-order valence-electron chi connectivity index (χ0n) is 14.3. The fourth-order valence-corrected chi connectivity index (χ4v) is 3.74. The fourth-order valence-electron chi connectivity index (χ4n) is 2.62. The Bertz CT molecular complexity index is 1010. The SMILES string of the molecule is COc1c(Cl)c(Cn2c(Cl)nc3c(Cl)nc(N)nc32)c(Cl)c(OC)c1OC. The number of hydrogen-bond acceptors (Lipinski definition) is 7. The molecule has 2 N–H and O–H groups in total. The van der Waals surface area contributed by atoms with E-state index in [9.17, 15) is 0 Å². The van der Waals surface area contributed by atoms with Crippen molar-refractivity contribution in [3.05, 3.63) is 26.0 Å². The lowest BCUT2D eigenvalue weighted by Gasteiger charge is -2.19. The molecule has 0 saturated carbocycles. The van der Waals surface area contributed by atoms with Crippen LogP contribution < -0.4 is 19.9 Å². The number of aromatic nitrogens is 4. The Morgan fingerprint density at radius 2 is 1.41 bits per heavy atom. The zero-order valence-corrected chi connectivity index (χ0v) is 17.3. The van der Waals surface area contributed by atoms with Crippen LogP contribution >= 0.6 is 46.4 Å². The van der Waals surface area contributed by atoms with Crippen molar-refractivity contribution in [2.45, 2.75) is 6.54 Å². The molecule has 2 aromatic heterocycles. The number of nitrogen functional groups attached to an aromatic ring is 1. The molecule has 0 spiro atoms. The third-order valence-corrected chi connectivity index (χ3v) is 5.14. The molecule has 1 aromatic carbocycles. The van der Waals surface area contributed by atoms with Crippen molar-refractivity contribution in [2.75, 3.05) is 27.1 Å². The van der Waals surface area contributed by atoms with Crippen LogP contribution in [0.3, 0.4) is 0 Å². The van der Waals surface area contributed by atoms with Gasteiger partial charge < -0.3 is 19.9 Å². The van der Waals surface area contributed by atoms with Gasteiger partial charge in [-0.15, -0.1) is 0 Å². The average Bonchev–Trinajstić information content (AvgIpc) is 2.94. The number of methoxy groups -OCH3 is 3. The molecule has 2 heterocycles. The first-order valence-electron chi connectivity index (χ1n) is 7.34. The van der Waals surface area contributed by atoms with Crippen LogP contribution in [-0.2, 0) is 6.54 Å². The van der Waals surface area contributed by atoms with Crippen molar-refractivity contribution in [3.8, 4) is 17.2 Å². The predicted molar refractivity (Wildman–Crippen MR) is 105 cm³/mol. The maximum atomic E-state index is 6.50. The van der Waals surface area contributed by atoms with Gasteiger partial charge in [-0.3, -0.25) is 4.57 Å². The number of benzene rings is 1. The highest BCUT2D eigenvalue weighted by molar-refractivity contribution is 6.38. The molecule has 0 amide bonds. The lowest BCUT2D eigenvalue weighted by Crippen LogP contribution is -2.07. The summed E-state index contributed by atoms with van der Waals surface area (Å²) in [6, 6.07) is 0. The Balaban J connectivity index is 2.25. The van der Waals surface area contributed by atoms with Crippen LogP contribution in [0, 0.1) is 0 Å². The Kier molecular flexibility index (Phi) is 5.62. The van der Waals surface area contributed by atoms with Crippen molar-refractivity contribution in [3.63, 3.8) is 0 Å². The molecule has 144 valence electrons. The number of hydrogen-bond donors (Lipinski definition) is 1. The summed E-state index contributed by atoms with van der Waals surface area (Å²) in [6.45, 7) is 0.0937. The summed E-state index contributed by atoms with van der Waals surface area (Å²) in [4.78, 5) is 12.2. The molecule has 27 heavy (non-hydrogen) atoms. The average molecular weight is 453 g/mol. The van der Waals surface area contributed by atoms with Crippen molar-refractivity contribution in [2.24, 2.45) is 0 Å². The minimum atomic E-state index is -0.0209. The fraction of sp³-hybridized carbons (Fsp3) is 0.267. The van der Waals surface area contributed by atoms with E-state index in [4.69, 9.17) is 66.3 Å². The van der Waals surface area contributed by atoms with Gasteiger partial charge >= 0.3 is 0 Å². The van der Waals surface area contributed by atoms with E-state index < -0.39 is 0 Å². The van der Waals surface area contributed by atoms with Gasteiger partial charge in [0.2, 0.25) is 17.0 Å². The van der Waals surface area contributed by atoms with Gasteiger partial charge in [0.25, 0.3) is 0 Å². The molecule has 0 saturated heterocycles. The Hall–Kier alpha value is -1.87. The van der Waals surface area contributed by atoms with Gasteiger partial charge in [-0.05, 0) is 11.6 Å². The number of rotatable bonds is 5. The van der Waals surface area contributed by atoms with Crippen molar-refractivity contribution >= 4 is 63.5 Å². The van der Waals surface area contributed by atoms with Crippen LogP contribution in [0.1, 0.15) is 5.56 Å². The van der Waals surface area contributed by atoms with Gasteiger partial charge in [0, 0.05) is 5.56 Å². The molecule has 0 aliphatic rings. The lowest BCUT2D eigenvalue weighted by atomic mass is 10.1. The summed E-state index contributed by atoms with van der Waals surface area (Å²) < 4.78 is 17.6. The summed E-state index contributed by atoms with van der Waals surface area (Å²) in [5.74, 6) is 0.786. The zero-order chi connectivity index (χ0) is 19.9. The summed E-state index contributed by atoms with van der Waals surface area (Å²) in [6.07, 6.45) is 0. The first-order valence-corrected chi connectivity index (χ1v) is 8.85. The minimum absolute atomic E-state index is 0.0209. The third-order valence-electron chi connectivity index (χ3n) is 3.79. The topological polar surface area (TPSA) is 97.3 Å². The largest absolute Gasteiger partial charge is 0.491 e. The molecular weight excluding hydrogens is 440 g/mol. The molecule has 0 atom stereocenters. The molecule has 12 heteroatoms. The lowest BCUT2D eigenvalue weighted by molar-refractivity contribution is 0.324. The molecular formula is C15H13Cl4N5O3. The van der Waals surface area contributed by atoms with Crippen LogP contribution in [0.2, 0.25) is 20.5 Å².